The predicted molar refractivity (Wildman–Crippen MR) is 46.6 cm³/mol. The third-order valence-electron chi connectivity index (χ3n) is 1.14. The van der Waals surface area contributed by atoms with Crippen molar-refractivity contribution in [1.82, 2.24) is 0 Å². The Balaban J connectivity index is 4.56. The van der Waals surface area contributed by atoms with Gasteiger partial charge in [-0.2, -0.15) is 13.2 Å². The summed E-state index contributed by atoms with van der Waals surface area (Å²) in [6.45, 7) is 3.18. The van der Waals surface area contributed by atoms with Gasteiger partial charge in [0.15, 0.2) is 0 Å². The zero-order valence-electron chi connectivity index (χ0n) is 7.60. The van der Waals surface area contributed by atoms with Gasteiger partial charge in [0.2, 0.25) is 0 Å². The van der Waals surface area contributed by atoms with Crippen LogP contribution in [0.25, 0.3) is 0 Å². The van der Waals surface area contributed by atoms with Gasteiger partial charge in [0.25, 0.3) is 0 Å². The number of hydrogen-bond donors (Lipinski definition) is 1. The molecule has 0 heterocycles. The van der Waals surface area contributed by atoms with Crippen LogP contribution in [0.4, 0.5) is 13.2 Å². The van der Waals surface area contributed by atoms with Crippen molar-refractivity contribution >= 4 is 6.21 Å². The Morgan fingerprint density at radius 3 is 2.38 bits per heavy atom. The average molecular weight is 194 g/mol. The first kappa shape index (κ1) is 12.2. The van der Waals surface area contributed by atoms with E-state index in [4.69, 9.17) is 5.73 Å². The Kier molecular flexibility index (Phi) is 4.69. The van der Waals surface area contributed by atoms with Gasteiger partial charge >= 0.3 is 6.18 Å². The van der Waals surface area contributed by atoms with Crippen molar-refractivity contribution in [2.45, 2.75) is 32.5 Å². The maximum atomic E-state index is 12.1. The van der Waals surface area contributed by atoms with E-state index in [0.717, 1.165) is 12.3 Å². The molecule has 0 aliphatic heterocycles. The molecule has 2 N–H and O–H groups in total. The lowest BCUT2D eigenvalue weighted by atomic mass is 10.3. The highest BCUT2D eigenvalue weighted by molar-refractivity contribution is 5.64. The van der Waals surface area contributed by atoms with Crippen molar-refractivity contribution < 1.29 is 13.2 Å². The average Bonchev–Trinajstić information content (AvgIpc) is 1.95. The maximum Gasteiger partial charge on any atom is 0.432 e. The van der Waals surface area contributed by atoms with Gasteiger partial charge in [0, 0.05) is 12.3 Å². The van der Waals surface area contributed by atoms with Crippen LogP contribution in [-0.2, 0) is 0 Å². The van der Waals surface area contributed by atoms with Crippen molar-refractivity contribution in [1.29, 1.82) is 0 Å². The first-order chi connectivity index (χ1) is 5.88. The zero-order chi connectivity index (χ0) is 10.5. The van der Waals surface area contributed by atoms with Crippen LogP contribution >= 0.6 is 0 Å². The number of nitrogens with two attached hydrogens (primary N) is 1. The molecule has 0 saturated heterocycles. The van der Waals surface area contributed by atoms with Gasteiger partial charge in [0.1, 0.15) is 5.70 Å². The smallest absolute Gasteiger partial charge is 0.323 e. The summed E-state index contributed by atoms with van der Waals surface area (Å²) in [4.78, 5) is 3.27. The van der Waals surface area contributed by atoms with Crippen LogP contribution < -0.4 is 5.73 Å². The predicted octanol–water partition coefficient (Wildman–Crippen LogP) is 2.26. The van der Waals surface area contributed by atoms with Crippen molar-refractivity contribution in [2.24, 2.45) is 10.7 Å². The molecule has 13 heavy (non-hydrogen) atoms. The van der Waals surface area contributed by atoms with Crippen LogP contribution in [0, 0.1) is 0 Å². The van der Waals surface area contributed by atoms with E-state index < -0.39 is 17.9 Å². The number of rotatable bonds is 3. The minimum atomic E-state index is -4.39. The molecule has 0 spiro atoms. The minimum absolute atomic E-state index is 0.297. The summed E-state index contributed by atoms with van der Waals surface area (Å²) >= 11 is 0. The summed E-state index contributed by atoms with van der Waals surface area (Å²) in [6.07, 6.45) is -1.99. The number of hydrogen-bond acceptors (Lipinski definition) is 2. The molecule has 0 saturated carbocycles. The quantitative estimate of drug-likeness (QED) is 0.687. The lowest BCUT2D eigenvalue weighted by Gasteiger charge is -2.06. The van der Waals surface area contributed by atoms with Gasteiger partial charge in [0.05, 0.1) is 0 Å². The van der Waals surface area contributed by atoms with Gasteiger partial charge in [-0.15, -0.1) is 0 Å². The summed E-state index contributed by atoms with van der Waals surface area (Å²) in [7, 11) is 0. The molecule has 5 heteroatoms. The summed E-state index contributed by atoms with van der Waals surface area (Å²) in [6, 6.07) is -0.470. The van der Waals surface area contributed by atoms with E-state index in [2.05, 4.69) is 4.99 Å². The molecular weight excluding hydrogens is 181 g/mol. The molecule has 0 fully saturated rings. The monoisotopic (exact) mass is 194 g/mol. The fraction of sp³-hybridized carbons (Fsp3) is 0.625. The summed E-state index contributed by atoms with van der Waals surface area (Å²) in [5.41, 5.74) is 4.35. The molecule has 1 atom stereocenters. The molecule has 0 aliphatic rings. The second-order valence-electron chi connectivity index (χ2n) is 2.63. The molecule has 0 aromatic carbocycles. The SMILES string of the molecule is CC/C=C(\N=C[C@@H](C)N)C(F)(F)F. The van der Waals surface area contributed by atoms with Gasteiger partial charge < -0.3 is 5.73 Å². The molecular formula is C8H13F3N2. The van der Waals surface area contributed by atoms with E-state index in [0.29, 0.717) is 6.42 Å². The first-order valence-electron chi connectivity index (χ1n) is 3.95. The number of halogens is 3. The van der Waals surface area contributed by atoms with Crippen LogP contribution in [0.3, 0.4) is 0 Å². The Morgan fingerprint density at radius 2 is 2.08 bits per heavy atom. The fourth-order valence-electron chi connectivity index (χ4n) is 0.633. The third kappa shape index (κ3) is 5.41. The summed E-state index contributed by atoms with van der Waals surface area (Å²) in [5.74, 6) is 0. The van der Waals surface area contributed by atoms with Crippen LogP contribution in [0.2, 0.25) is 0 Å². The Hall–Kier alpha value is -0.840. The number of allylic oxidation sites excluding steroid dienone is 2. The van der Waals surface area contributed by atoms with E-state index in [-0.39, 0.29) is 0 Å². The topological polar surface area (TPSA) is 38.4 Å². The molecule has 0 aromatic rings. The number of nitrogens with zero attached hydrogens (tertiary/aromatic N) is 1. The summed E-state index contributed by atoms with van der Waals surface area (Å²) in [5, 5.41) is 0. The van der Waals surface area contributed by atoms with Crippen molar-refractivity contribution in [2.75, 3.05) is 0 Å². The number of alkyl halides is 3. The Labute approximate surface area is 75.3 Å². The van der Waals surface area contributed by atoms with Crippen LogP contribution in [0.15, 0.2) is 16.8 Å². The van der Waals surface area contributed by atoms with Crippen LogP contribution in [0.1, 0.15) is 20.3 Å². The van der Waals surface area contributed by atoms with E-state index in [1.165, 1.54) is 0 Å². The molecule has 0 rings (SSSR count). The molecule has 0 aromatic heterocycles. The Morgan fingerprint density at radius 1 is 1.54 bits per heavy atom. The van der Waals surface area contributed by atoms with E-state index >= 15 is 0 Å². The van der Waals surface area contributed by atoms with Crippen LogP contribution in [-0.4, -0.2) is 18.4 Å². The molecule has 0 bridgehead atoms. The van der Waals surface area contributed by atoms with Gasteiger partial charge in [-0.3, -0.25) is 4.99 Å². The van der Waals surface area contributed by atoms with Gasteiger partial charge in [-0.05, 0) is 13.3 Å². The Bertz CT molecular complexity index is 204. The fourth-order valence-corrected chi connectivity index (χ4v) is 0.633. The van der Waals surface area contributed by atoms with Crippen molar-refractivity contribution in [3.05, 3.63) is 11.8 Å². The third-order valence-corrected chi connectivity index (χ3v) is 1.14. The lowest BCUT2D eigenvalue weighted by molar-refractivity contribution is -0.0925. The first-order valence-corrected chi connectivity index (χ1v) is 3.95. The molecule has 2 nitrogen and oxygen atoms in total. The van der Waals surface area contributed by atoms with E-state index in [1.54, 1.807) is 13.8 Å². The molecule has 0 amide bonds. The zero-order valence-corrected chi connectivity index (χ0v) is 7.60. The van der Waals surface area contributed by atoms with E-state index in [1.807, 2.05) is 0 Å². The van der Waals surface area contributed by atoms with Gasteiger partial charge in [-0.1, -0.05) is 13.0 Å². The van der Waals surface area contributed by atoms with E-state index in [9.17, 15) is 13.2 Å². The highest BCUT2D eigenvalue weighted by atomic mass is 19.4. The largest absolute Gasteiger partial charge is 0.432 e. The van der Waals surface area contributed by atoms with Gasteiger partial charge in [-0.25, -0.2) is 0 Å². The maximum absolute atomic E-state index is 12.1. The highest BCUT2D eigenvalue weighted by Crippen LogP contribution is 2.26. The number of aliphatic imine (C=N–C) groups is 1. The second-order valence-corrected chi connectivity index (χ2v) is 2.63. The molecule has 0 radical (unpaired) electrons. The highest BCUT2D eigenvalue weighted by Gasteiger charge is 2.32. The summed E-state index contributed by atoms with van der Waals surface area (Å²) < 4.78 is 36.4. The second kappa shape index (κ2) is 5.01. The molecule has 0 unspecified atom stereocenters. The normalized spacial score (nSPS) is 16.6. The van der Waals surface area contributed by atoms with Crippen molar-refractivity contribution in [3.8, 4) is 0 Å². The molecule has 76 valence electrons. The molecule has 0 aliphatic carbocycles. The minimum Gasteiger partial charge on any atom is -0.323 e. The standard InChI is InChI=1S/C8H13F3N2/c1-3-4-7(8(9,10)11)13-5-6(2)12/h4-6H,3,12H2,1-2H3/b7-4-,13-5?/t6-/m1/s1. The lowest BCUT2D eigenvalue weighted by Crippen LogP contribution is -2.18. The van der Waals surface area contributed by atoms with Crippen molar-refractivity contribution in [3.63, 3.8) is 0 Å². The van der Waals surface area contributed by atoms with Crippen LogP contribution in [0.5, 0.6) is 0 Å².